The molecule has 0 amide bonds. The summed E-state index contributed by atoms with van der Waals surface area (Å²) in [6.45, 7) is 2.75. The van der Waals surface area contributed by atoms with Gasteiger partial charge in [0.1, 0.15) is 5.82 Å². The normalized spacial score (nSPS) is 20.9. The first kappa shape index (κ1) is 16.7. The zero-order valence-electron chi connectivity index (χ0n) is 12.9. The number of benzene rings is 1. The molecule has 2 N–H and O–H groups in total. The summed E-state index contributed by atoms with van der Waals surface area (Å²) in [4.78, 5) is 4.09. The molecule has 1 saturated heterocycles. The fourth-order valence-corrected chi connectivity index (χ4v) is 4.29. The molecule has 0 bridgehead atoms. The largest absolute Gasteiger partial charge is 0.356 e. The van der Waals surface area contributed by atoms with Gasteiger partial charge in [0.05, 0.1) is 11.5 Å². The minimum Gasteiger partial charge on any atom is -0.356 e. The minimum atomic E-state index is -2.86. The third-order valence-electron chi connectivity index (χ3n) is 3.80. The van der Waals surface area contributed by atoms with Crippen LogP contribution in [-0.2, 0) is 16.4 Å². The van der Waals surface area contributed by atoms with Crippen molar-refractivity contribution in [3.05, 3.63) is 35.1 Å². The third kappa shape index (κ3) is 4.69. The number of nitrogens with one attached hydrogen (secondary N) is 2. The molecule has 2 rings (SSSR count). The van der Waals surface area contributed by atoms with E-state index in [9.17, 15) is 12.8 Å². The molecule has 7 heteroatoms. The Morgan fingerprint density at radius 2 is 2.18 bits per heavy atom. The van der Waals surface area contributed by atoms with Crippen LogP contribution in [0.3, 0.4) is 0 Å². The molecule has 1 aliphatic rings. The summed E-state index contributed by atoms with van der Waals surface area (Å²) in [6.07, 6.45) is 0.690. The lowest BCUT2D eigenvalue weighted by atomic mass is 10.1. The fraction of sp³-hybridized carbons (Fsp3) is 0.533. The van der Waals surface area contributed by atoms with Crippen molar-refractivity contribution in [1.82, 2.24) is 10.6 Å². The maximum absolute atomic E-state index is 13.5. The van der Waals surface area contributed by atoms with Gasteiger partial charge in [-0.25, -0.2) is 12.8 Å². The van der Waals surface area contributed by atoms with Gasteiger partial charge in [-0.2, -0.15) is 0 Å². The molecule has 0 radical (unpaired) electrons. The van der Waals surface area contributed by atoms with Gasteiger partial charge >= 0.3 is 0 Å². The van der Waals surface area contributed by atoms with Gasteiger partial charge in [0.15, 0.2) is 15.8 Å². The Labute approximate surface area is 130 Å². The zero-order chi connectivity index (χ0) is 16.2. The van der Waals surface area contributed by atoms with E-state index < -0.39 is 9.84 Å². The van der Waals surface area contributed by atoms with Crippen LogP contribution in [0.1, 0.15) is 17.5 Å². The molecule has 0 spiro atoms. The molecule has 1 fully saturated rings. The summed E-state index contributed by atoms with van der Waals surface area (Å²) in [7, 11) is -1.21. The lowest BCUT2D eigenvalue weighted by molar-refractivity contribution is 0.567. The average Bonchev–Trinajstić information content (AvgIpc) is 2.82. The Morgan fingerprint density at radius 1 is 1.41 bits per heavy atom. The van der Waals surface area contributed by atoms with Gasteiger partial charge in [0.2, 0.25) is 0 Å². The van der Waals surface area contributed by atoms with Gasteiger partial charge < -0.3 is 10.6 Å². The predicted octanol–water partition coefficient (Wildman–Crippen LogP) is 1.23. The van der Waals surface area contributed by atoms with E-state index in [0.29, 0.717) is 31.0 Å². The molecule has 1 aliphatic heterocycles. The van der Waals surface area contributed by atoms with Gasteiger partial charge in [0, 0.05) is 20.1 Å². The van der Waals surface area contributed by atoms with Crippen LogP contribution in [-0.4, -0.2) is 39.5 Å². The number of aryl methyl sites for hydroxylation is 1. The van der Waals surface area contributed by atoms with Crippen molar-refractivity contribution in [3.8, 4) is 0 Å². The quantitative estimate of drug-likeness (QED) is 0.645. The standard InChI is InChI=1S/C15H22FN3O2S/c1-11-3-4-12(7-14(11)16)8-18-15(17-2)19-9-13-5-6-22(20,21)10-13/h3-4,7,13H,5-6,8-10H2,1-2H3,(H2,17,18,19). The zero-order valence-corrected chi connectivity index (χ0v) is 13.7. The van der Waals surface area contributed by atoms with Crippen molar-refractivity contribution >= 4 is 15.8 Å². The number of hydrogen-bond acceptors (Lipinski definition) is 3. The van der Waals surface area contributed by atoms with Crippen molar-refractivity contribution in [3.63, 3.8) is 0 Å². The van der Waals surface area contributed by atoms with Crippen molar-refractivity contribution < 1.29 is 12.8 Å². The predicted molar refractivity (Wildman–Crippen MR) is 86.1 cm³/mol. The molecule has 0 aliphatic carbocycles. The van der Waals surface area contributed by atoms with Crippen LogP contribution in [0.2, 0.25) is 0 Å². The summed E-state index contributed by atoms with van der Waals surface area (Å²) in [5, 5.41) is 6.23. The number of rotatable bonds is 4. The highest BCUT2D eigenvalue weighted by molar-refractivity contribution is 7.91. The van der Waals surface area contributed by atoms with Gasteiger partial charge in [-0.3, -0.25) is 4.99 Å². The molecule has 0 saturated carbocycles. The van der Waals surface area contributed by atoms with Crippen LogP contribution in [0.25, 0.3) is 0 Å². The number of hydrogen-bond donors (Lipinski definition) is 2. The van der Waals surface area contributed by atoms with Crippen molar-refractivity contribution in [2.45, 2.75) is 19.9 Å². The highest BCUT2D eigenvalue weighted by Crippen LogP contribution is 2.17. The van der Waals surface area contributed by atoms with E-state index in [2.05, 4.69) is 15.6 Å². The van der Waals surface area contributed by atoms with Crippen LogP contribution >= 0.6 is 0 Å². The smallest absolute Gasteiger partial charge is 0.191 e. The van der Waals surface area contributed by atoms with Gasteiger partial charge in [-0.05, 0) is 36.5 Å². The van der Waals surface area contributed by atoms with Crippen molar-refractivity contribution in [2.24, 2.45) is 10.9 Å². The second-order valence-corrected chi connectivity index (χ2v) is 7.89. The Hall–Kier alpha value is -1.63. The maximum atomic E-state index is 13.5. The highest BCUT2D eigenvalue weighted by Gasteiger charge is 2.27. The average molecular weight is 327 g/mol. The van der Waals surface area contributed by atoms with E-state index in [1.54, 1.807) is 20.0 Å². The summed E-state index contributed by atoms with van der Waals surface area (Å²) in [5.74, 6) is 0.998. The number of sulfone groups is 1. The van der Waals surface area contributed by atoms with E-state index >= 15 is 0 Å². The SMILES string of the molecule is CN=C(NCc1ccc(C)c(F)c1)NCC1CCS(=O)(=O)C1. The Bertz CT molecular complexity index is 659. The van der Waals surface area contributed by atoms with E-state index in [-0.39, 0.29) is 23.2 Å². The second-order valence-electron chi connectivity index (χ2n) is 5.66. The first-order valence-electron chi connectivity index (χ1n) is 7.29. The van der Waals surface area contributed by atoms with Crippen LogP contribution in [0.4, 0.5) is 4.39 Å². The first-order chi connectivity index (χ1) is 10.4. The molecular weight excluding hydrogens is 305 g/mol. The summed E-state index contributed by atoms with van der Waals surface area (Å²) in [5.41, 5.74) is 1.45. The maximum Gasteiger partial charge on any atom is 0.191 e. The molecule has 5 nitrogen and oxygen atoms in total. The first-order valence-corrected chi connectivity index (χ1v) is 9.12. The Kier molecular flexibility index (Phi) is 5.39. The van der Waals surface area contributed by atoms with Crippen LogP contribution in [0, 0.1) is 18.7 Å². The summed E-state index contributed by atoms with van der Waals surface area (Å²) in [6, 6.07) is 5.10. The summed E-state index contributed by atoms with van der Waals surface area (Å²) >= 11 is 0. The number of aliphatic imine (C=N–C) groups is 1. The van der Waals surface area contributed by atoms with E-state index in [4.69, 9.17) is 0 Å². The highest BCUT2D eigenvalue weighted by atomic mass is 32.2. The third-order valence-corrected chi connectivity index (χ3v) is 5.64. The molecule has 0 aromatic heterocycles. The van der Waals surface area contributed by atoms with Crippen LogP contribution in [0.5, 0.6) is 0 Å². The topological polar surface area (TPSA) is 70.6 Å². The van der Waals surface area contributed by atoms with E-state index in [0.717, 1.165) is 5.56 Å². The molecule has 1 atom stereocenters. The number of halogens is 1. The van der Waals surface area contributed by atoms with Gasteiger partial charge in [0.25, 0.3) is 0 Å². The molecule has 1 heterocycles. The van der Waals surface area contributed by atoms with Crippen LogP contribution < -0.4 is 10.6 Å². The van der Waals surface area contributed by atoms with Crippen molar-refractivity contribution in [2.75, 3.05) is 25.1 Å². The minimum absolute atomic E-state index is 0.125. The van der Waals surface area contributed by atoms with E-state index in [1.165, 1.54) is 6.07 Å². The molecular formula is C15H22FN3O2S. The number of guanidine groups is 1. The molecule has 122 valence electrons. The number of nitrogens with zero attached hydrogens (tertiary/aromatic N) is 1. The molecule has 1 aromatic carbocycles. The lowest BCUT2D eigenvalue weighted by Gasteiger charge is -2.14. The van der Waals surface area contributed by atoms with Gasteiger partial charge in [-0.15, -0.1) is 0 Å². The molecule has 22 heavy (non-hydrogen) atoms. The second kappa shape index (κ2) is 7.09. The summed E-state index contributed by atoms with van der Waals surface area (Å²) < 4.78 is 36.3. The van der Waals surface area contributed by atoms with Crippen molar-refractivity contribution in [1.29, 1.82) is 0 Å². The fourth-order valence-electron chi connectivity index (χ4n) is 2.43. The Morgan fingerprint density at radius 3 is 2.77 bits per heavy atom. The van der Waals surface area contributed by atoms with Gasteiger partial charge in [-0.1, -0.05) is 12.1 Å². The lowest BCUT2D eigenvalue weighted by Crippen LogP contribution is -2.39. The van der Waals surface area contributed by atoms with Crippen LogP contribution in [0.15, 0.2) is 23.2 Å². The monoisotopic (exact) mass is 327 g/mol. The Balaban J connectivity index is 1.81. The molecule has 1 aromatic rings. The molecule has 1 unspecified atom stereocenters. The van der Waals surface area contributed by atoms with E-state index in [1.807, 2.05) is 6.07 Å².